The van der Waals surface area contributed by atoms with E-state index in [1.54, 1.807) is 12.5 Å². The molecule has 0 radical (unpaired) electrons. The van der Waals surface area contributed by atoms with E-state index < -0.39 is 0 Å². The Morgan fingerprint density at radius 1 is 1.22 bits per heavy atom. The highest BCUT2D eigenvalue weighted by Gasteiger charge is 2.16. The molecule has 1 N–H and O–H groups in total. The Balaban J connectivity index is 1.95. The van der Waals surface area contributed by atoms with Crippen molar-refractivity contribution < 1.29 is 9.15 Å². The smallest absolute Gasteiger partial charge is 0.122 e. The number of benzene rings is 1. The molecule has 1 atom stereocenters. The summed E-state index contributed by atoms with van der Waals surface area (Å²) >= 11 is 0. The van der Waals surface area contributed by atoms with E-state index in [1.807, 2.05) is 13.1 Å². The fourth-order valence-corrected chi connectivity index (χ4v) is 2.52. The summed E-state index contributed by atoms with van der Waals surface area (Å²) in [6, 6.07) is 8.61. The van der Waals surface area contributed by atoms with Crippen LogP contribution in [0.15, 0.2) is 41.2 Å². The van der Waals surface area contributed by atoms with Crippen LogP contribution in [0.5, 0.6) is 5.75 Å². The van der Waals surface area contributed by atoms with Crippen molar-refractivity contribution in [3.8, 4) is 5.75 Å². The molecule has 3 nitrogen and oxygen atoms in total. The van der Waals surface area contributed by atoms with E-state index >= 15 is 0 Å². The van der Waals surface area contributed by atoms with Crippen LogP contribution in [-0.4, -0.2) is 13.7 Å². The van der Waals surface area contributed by atoms with E-state index in [9.17, 15) is 0 Å². The molecule has 0 aliphatic carbocycles. The molecule has 1 aliphatic heterocycles. The number of hydrogen-bond donors (Lipinski definition) is 1. The lowest BCUT2D eigenvalue weighted by molar-refractivity contribution is 0.288. The van der Waals surface area contributed by atoms with Crippen molar-refractivity contribution in [1.82, 2.24) is 5.32 Å². The van der Waals surface area contributed by atoms with Crippen LogP contribution in [0.2, 0.25) is 0 Å². The lowest BCUT2D eigenvalue weighted by Crippen LogP contribution is -2.18. The number of ether oxygens (including phenoxy) is 1. The molecule has 0 spiro atoms. The summed E-state index contributed by atoms with van der Waals surface area (Å²) in [5.41, 5.74) is 3.71. The van der Waals surface area contributed by atoms with Crippen LogP contribution in [0.4, 0.5) is 0 Å². The standard InChI is InChI=1S/C15H17NO2/c1-16-15(13-6-8-17-10-13)12-4-5-14-11(9-12)3-2-7-18-14/h4-6,8-10,15-16H,2-3,7H2,1H3. The van der Waals surface area contributed by atoms with Gasteiger partial charge in [0.25, 0.3) is 0 Å². The molecule has 2 aromatic rings. The minimum atomic E-state index is 0.177. The van der Waals surface area contributed by atoms with Gasteiger partial charge < -0.3 is 14.5 Å². The van der Waals surface area contributed by atoms with Crippen molar-refractivity contribution in [2.24, 2.45) is 0 Å². The molecule has 94 valence electrons. The Kier molecular flexibility index (Phi) is 3.07. The minimum absolute atomic E-state index is 0.177. The third-order valence-electron chi connectivity index (χ3n) is 3.43. The molecule has 0 saturated carbocycles. The molecule has 0 fully saturated rings. The molecule has 1 unspecified atom stereocenters. The average molecular weight is 243 g/mol. The molecule has 1 aliphatic rings. The number of rotatable bonds is 3. The van der Waals surface area contributed by atoms with Crippen molar-refractivity contribution in [3.05, 3.63) is 53.5 Å². The van der Waals surface area contributed by atoms with Gasteiger partial charge in [-0.2, -0.15) is 0 Å². The topological polar surface area (TPSA) is 34.4 Å². The second-order valence-electron chi connectivity index (χ2n) is 4.60. The summed E-state index contributed by atoms with van der Waals surface area (Å²) < 4.78 is 10.8. The van der Waals surface area contributed by atoms with Gasteiger partial charge in [0.2, 0.25) is 0 Å². The summed E-state index contributed by atoms with van der Waals surface area (Å²) in [5, 5.41) is 3.33. The van der Waals surface area contributed by atoms with Gasteiger partial charge in [0.1, 0.15) is 5.75 Å². The van der Waals surface area contributed by atoms with Crippen LogP contribution >= 0.6 is 0 Å². The molecule has 3 heteroatoms. The van der Waals surface area contributed by atoms with E-state index in [-0.39, 0.29) is 6.04 Å². The van der Waals surface area contributed by atoms with Crippen molar-refractivity contribution >= 4 is 0 Å². The fourth-order valence-electron chi connectivity index (χ4n) is 2.52. The SMILES string of the molecule is CNC(c1ccoc1)c1ccc2c(c1)CCCO2. The summed E-state index contributed by atoms with van der Waals surface area (Å²) in [6.45, 7) is 0.837. The normalized spacial score (nSPS) is 15.8. The molecule has 0 amide bonds. The number of aryl methyl sites for hydroxylation is 1. The third kappa shape index (κ3) is 2.02. The Morgan fingerprint density at radius 2 is 2.17 bits per heavy atom. The van der Waals surface area contributed by atoms with Gasteiger partial charge >= 0.3 is 0 Å². The van der Waals surface area contributed by atoms with Gasteiger partial charge in [-0.05, 0) is 43.1 Å². The Morgan fingerprint density at radius 3 is 2.94 bits per heavy atom. The fraction of sp³-hybridized carbons (Fsp3) is 0.333. The molecular weight excluding hydrogens is 226 g/mol. The molecule has 18 heavy (non-hydrogen) atoms. The molecule has 3 rings (SSSR count). The first kappa shape index (κ1) is 11.4. The zero-order chi connectivity index (χ0) is 12.4. The van der Waals surface area contributed by atoms with Crippen LogP contribution in [0.25, 0.3) is 0 Å². The van der Waals surface area contributed by atoms with Gasteiger partial charge in [-0.25, -0.2) is 0 Å². The maximum Gasteiger partial charge on any atom is 0.122 e. The van der Waals surface area contributed by atoms with Gasteiger partial charge in [0.15, 0.2) is 0 Å². The molecule has 2 heterocycles. The van der Waals surface area contributed by atoms with Crippen molar-refractivity contribution in [2.45, 2.75) is 18.9 Å². The second-order valence-corrected chi connectivity index (χ2v) is 4.60. The van der Waals surface area contributed by atoms with E-state index in [0.717, 1.165) is 30.8 Å². The molecule has 0 saturated heterocycles. The van der Waals surface area contributed by atoms with Crippen molar-refractivity contribution in [3.63, 3.8) is 0 Å². The predicted octanol–water partition coefficient (Wildman–Crippen LogP) is 2.91. The number of nitrogens with one attached hydrogen (secondary N) is 1. The van der Waals surface area contributed by atoms with Crippen LogP contribution < -0.4 is 10.1 Å². The first-order valence-electron chi connectivity index (χ1n) is 6.33. The first-order valence-corrected chi connectivity index (χ1v) is 6.33. The van der Waals surface area contributed by atoms with Gasteiger partial charge in [0.05, 0.1) is 25.2 Å². The van der Waals surface area contributed by atoms with E-state index in [0.29, 0.717) is 0 Å². The third-order valence-corrected chi connectivity index (χ3v) is 3.43. The molecule has 0 bridgehead atoms. The maximum atomic E-state index is 5.64. The van der Waals surface area contributed by atoms with E-state index in [4.69, 9.17) is 9.15 Å². The van der Waals surface area contributed by atoms with Gasteiger partial charge in [0, 0.05) is 5.56 Å². The predicted molar refractivity (Wildman–Crippen MR) is 69.9 cm³/mol. The van der Waals surface area contributed by atoms with Crippen molar-refractivity contribution in [2.75, 3.05) is 13.7 Å². The molecule has 1 aromatic carbocycles. The quantitative estimate of drug-likeness (QED) is 0.900. The summed E-state index contributed by atoms with van der Waals surface area (Å²) in [4.78, 5) is 0. The van der Waals surface area contributed by atoms with Crippen LogP contribution in [-0.2, 0) is 6.42 Å². The first-order chi connectivity index (χ1) is 8.88. The monoisotopic (exact) mass is 243 g/mol. The van der Waals surface area contributed by atoms with Crippen LogP contribution in [0, 0.1) is 0 Å². The Hall–Kier alpha value is -1.74. The van der Waals surface area contributed by atoms with E-state index in [1.165, 1.54) is 11.1 Å². The van der Waals surface area contributed by atoms with Crippen LogP contribution in [0.3, 0.4) is 0 Å². The lowest BCUT2D eigenvalue weighted by Gasteiger charge is -2.21. The summed E-state index contributed by atoms with van der Waals surface area (Å²) in [5.74, 6) is 1.03. The van der Waals surface area contributed by atoms with Gasteiger partial charge in [-0.1, -0.05) is 12.1 Å². The largest absolute Gasteiger partial charge is 0.493 e. The van der Waals surface area contributed by atoms with Crippen molar-refractivity contribution in [1.29, 1.82) is 0 Å². The summed E-state index contributed by atoms with van der Waals surface area (Å²) in [6.07, 6.45) is 5.70. The molecule has 1 aromatic heterocycles. The zero-order valence-electron chi connectivity index (χ0n) is 10.5. The Labute approximate surface area is 107 Å². The zero-order valence-corrected chi connectivity index (χ0v) is 10.5. The summed E-state index contributed by atoms with van der Waals surface area (Å²) in [7, 11) is 1.97. The van der Waals surface area contributed by atoms with Crippen LogP contribution in [0.1, 0.15) is 29.2 Å². The number of hydrogen-bond acceptors (Lipinski definition) is 3. The number of furan rings is 1. The molecular formula is C15H17NO2. The lowest BCUT2D eigenvalue weighted by atomic mass is 9.96. The highest BCUT2D eigenvalue weighted by molar-refractivity contribution is 5.41. The maximum absolute atomic E-state index is 5.64. The number of fused-ring (bicyclic) bond motifs is 1. The Bertz CT molecular complexity index is 519. The van der Waals surface area contributed by atoms with Gasteiger partial charge in [-0.15, -0.1) is 0 Å². The van der Waals surface area contributed by atoms with Gasteiger partial charge in [-0.3, -0.25) is 0 Å². The average Bonchev–Trinajstić information content (AvgIpc) is 2.93. The highest BCUT2D eigenvalue weighted by atomic mass is 16.5. The highest BCUT2D eigenvalue weighted by Crippen LogP contribution is 2.30. The second kappa shape index (κ2) is 4.86. The minimum Gasteiger partial charge on any atom is -0.493 e. The van der Waals surface area contributed by atoms with E-state index in [2.05, 4.69) is 23.5 Å².